The highest BCUT2D eigenvalue weighted by molar-refractivity contribution is 5.90. The van der Waals surface area contributed by atoms with Crippen LogP contribution in [0.15, 0.2) is 6.07 Å². The van der Waals surface area contributed by atoms with E-state index in [9.17, 15) is 14.7 Å². The third-order valence-corrected chi connectivity index (χ3v) is 4.15. The number of rotatable bonds is 9. The molecule has 0 aliphatic heterocycles. The first-order valence-electron chi connectivity index (χ1n) is 7.69. The number of H-pyrrole nitrogens is 1. The molecule has 1 rings (SSSR count). The summed E-state index contributed by atoms with van der Waals surface area (Å²) in [6, 6.07) is 1.75. The zero-order valence-electron chi connectivity index (χ0n) is 13.8. The smallest absolute Gasteiger partial charge is 0.339 e. The lowest BCUT2D eigenvalue weighted by atomic mass is 9.82. The number of carbonyl (C=O) groups is 2. The maximum absolute atomic E-state index is 11.8. The van der Waals surface area contributed by atoms with Crippen molar-refractivity contribution >= 4 is 11.9 Å². The van der Waals surface area contributed by atoms with Crippen molar-refractivity contribution in [3.63, 3.8) is 0 Å². The molecule has 0 spiro atoms. The summed E-state index contributed by atoms with van der Waals surface area (Å²) < 4.78 is 4.99. The minimum absolute atomic E-state index is 0.338. The molecule has 0 aliphatic carbocycles. The summed E-state index contributed by atoms with van der Waals surface area (Å²) in [5.74, 6) is -1.12. The molecule has 1 aromatic rings. The van der Waals surface area contributed by atoms with E-state index in [1.165, 1.54) is 0 Å². The zero-order chi connectivity index (χ0) is 16.8. The van der Waals surface area contributed by atoms with Gasteiger partial charge in [-0.05, 0) is 32.8 Å². The number of hydrogen-bond acceptors (Lipinski definition) is 4. The predicted molar refractivity (Wildman–Crippen MR) is 83.8 cm³/mol. The monoisotopic (exact) mass is 310 g/mol. The van der Waals surface area contributed by atoms with Gasteiger partial charge in [-0.3, -0.25) is 4.79 Å². The summed E-state index contributed by atoms with van der Waals surface area (Å²) in [5, 5.41) is 12.6. The first-order valence-corrected chi connectivity index (χ1v) is 7.69. The van der Waals surface area contributed by atoms with E-state index in [2.05, 4.69) is 10.3 Å². The van der Waals surface area contributed by atoms with Gasteiger partial charge in [0.2, 0.25) is 0 Å². The summed E-state index contributed by atoms with van der Waals surface area (Å²) >= 11 is 0. The lowest BCUT2D eigenvalue weighted by Crippen LogP contribution is -2.40. The second kappa shape index (κ2) is 7.98. The molecule has 6 heteroatoms. The molecule has 6 nitrogen and oxygen atoms in total. The summed E-state index contributed by atoms with van der Waals surface area (Å²) in [6.45, 7) is 8.56. The van der Waals surface area contributed by atoms with Crippen LogP contribution in [0, 0.1) is 12.3 Å². The number of carboxylic acid groups (broad SMARTS) is 1. The molecule has 22 heavy (non-hydrogen) atoms. The van der Waals surface area contributed by atoms with Crippen LogP contribution >= 0.6 is 0 Å². The Bertz CT molecular complexity index is 518. The van der Waals surface area contributed by atoms with E-state index in [1.807, 2.05) is 20.8 Å². The highest BCUT2D eigenvalue weighted by Gasteiger charge is 2.34. The molecule has 0 amide bonds. The van der Waals surface area contributed by atoms with E-state index in [0.717, 1.165) is 11.4 Å². The van der Waals surface area contributed by atoms with E-state index in [-0.39, 0.29) is 5.97 Å². The molecule has 0 saturated heterocycles. The third kappa shape index (κ3) is 4.10. The fourth-order valence-corrected chi connectivity index (χ4v) is 2.46. The first kappa shape index (κ1) is 18.2. The van der Waals surface area contributed by atoms with Crippen LogP contribution in [-0.2, 0) is 16.1 Å². The number of aliphatic carboxylic acids is 1. The Morgan fingerprint density at radius 1 is 1.32 bits per heavy atom. The topological polar surface area (TPSA) is 91.4 Å². The minimum atomic E-state index is -0.778. The Labute approximate surface area is 131 Å². The molecule has 0 aromatic carbocycles. The number of ether oxygens (including phenoxy) is 1. The van der Waals surface area contributed by atoms with Gasteiger partial charge in [-0.25, -0.2) is 4.79 Å². The number of nitrogens with one attached hydrogen (secondary N) is 2. The summed E-state index contributed by atoms with van der Waals surface area (Å²) in [5.41, 5.74) is 1.37. The Hall–Kier alpha value is -1.82. The molecule has 1 aromatic heterocycles. The summed E-state index contributed by atoms with van der Waals surface area (Å²) in [6.07, 6.45) is 1.15. The second-order valence-electron chi connectivity index (χ2n) is 5.45. The third-order valence-electron chi connectivity index (χ3n) is 4.15. The predicted octanol–water partition coefficient (Wildman–Crippen LogP) is 2.48. The second-order valence-corrected chi connectivity index (χ2v) is 5.45. The van der Waals surface area contributed by atoms with E-state index in [4.69, 9.17) is 4.74 Å². The number of aromatic nitrogens is 1. The van der Waals surface area contributed by atoms with Crippen molar-refractivity contribution in [2.24, 2.45) is 5.41 Å². The van der Waals surface area contributed by atoms with Gasteiger partial charge < -0.3 is 20.1 Å². The molecule has 0 saturated carbocycles. The van der Waals surface area contributed by atoms with Crippen LogP contribution in [0.25, 0.3) is 0 Å². The van der Waals surface area contributed by atoms with Crippen molar-refractivity contribution in [1.29, 1.82) is 0 Å². The van der Waals surface area contributed by atoms with Crippen LogP contribution in [0.1, 0.15) is 55.4 Å². The van der Waals surface area contributed by atoms with Gasteiger partial charge in [-0.1, -0.05) is 13.8 Å². The maximum atomic E-state index is 11.8. The standard InChI is InChI=1S/C16H26N2O4/c1-5-16(6-2,15(20)21)10-17-9-12-8-13(11(4)18-12)14(19)22-7-3/h8,17-18H,5-7,9-10H2,1-4H3,(H,20,21). The highest BCUT2D eigenvalue weighted by atomic mass is 16.5. The van der Waals surface area contributed by atoms with Crippen molar-refractivity contribution in [2.75, 3.05) is 13.2 Å². The fraction of sp³-hybridized carbons (Fsp3) is 0.625. The van der Waals surface area contributed by atoms with E-state index in [0.29, 0.717) is 38.1 Å². The number of aryl methyl sites for hydroxylation is 1. The van der Waals surface area contributed by atoms with Gasteiger partial charge in [0, 0.05) is 24.5 Å². The molecule has 0 atom stereocenters. The number of aromatic amines is 1. The molecule has 0 aliphatic rings. The largest absolute Gasteiger partial charge is 0.481 e. The van der Waals surface area contributed by atoms with Crippen LogP contribution in [0.2, 0.25) is 0 Å². The lowest BCUT2D eigenvalue weighted by molar-refractivity contribution is -0.149. The van der Waals surface area contributed by atoms with Gasteiger partial charge in [-0.2, -0.15) is 0 Å². The van der Waals surface area contributed by atoms with Gasteiger partial charge in [0.05, 0.1) is 17.6 Å². The van der Waals surface area contributed by atoms with Crippen LogP contribution in [0.4, 0.5) is 0 Å². The quantitative estimate of drug-likeness (QED) is 0.609. The molecule has 1 heterocycles. The van der Waals surface area contributed by atoms with Crippen LogP contribution in [0.3, 0.4) is 0 Å². The molecule has 0 unspecified atom stereocenters. The van der Waals surface area contributed by atoms with Gasteiger partial charge in [0.25, 0.3) is 0 Å². The summed E-state index contributed by atoms with van der Waals surface area (Å²) in [7, 11) is 0. The molecule has 0 radical (unpaired) electrons. The van der Waals surface area contributed by atoms with Crippen molar-refractivity contribution in [1.82, 2.24) is 10.3 Å². The Morgan fingerprint density at radius 2 is 1.95 bits per heavy atom. The normalized spacial score (nSPS) is 11.5. The molecular formula is C16H26N2O4. The first-order chi connectivity index (χ1) is 10.4. The average molecular weight is 310 g/mol. The van der Waals surface area contributed by atoms with Crippen LogP contribution in [-0.4, -0.2) is 35.2 Å². The van der Waals surface area contributed by atoms with E-state index >= 15 is 0 Å². The minimum Gasteiger partial charge on any atom is -0.481 e. The van der Waals surface area contributed by atoms with Gasteiger partial charge in [-0.15, -0.1) is 0 Å². The number of carbonyl (C=O) groups excluding carboxylic acids is 1. The average Bonchev–Trinajstić information content (AvgIpc) is 2.85. The molecular weight excluding hydrogens is 284 g/mol. The number of hydrogen-bond donors (Lipinski definition) is 3. The van der Waals surface area contributed by atoms with Gasteiger partial charge in [0.15, 0.2) is 0 Å². The van der Waals surface area contributed by atoms with Crippen molar-refractivity contribution in [3.05, 3.63) is 23.0 Å². The van der Waals surface area contributed by atoms with Crippen molar-refractivity contribution < 1.29 is 19.4 Å². The van der Waals surface area contributed by atoms with Gasteiger partial charge in [0.1, 0.15) is 0 Å². The molecule has 0 fully saturated rings. The molecule has 3 N–H and O–H groups in total. The molecule has 0 bridgehead atoms. The Morgan fingerprint density at radius 3 is 2.45 bits per heavy atom. The number of carboxylic acids is 1. The van der Waals surface area contributed by atoms with Crippen LogP contribution < -0.4 is 5.32 Å². The van der Waals surface area contributed by atoms with Crippen LogP contribution in [0.5, 0.6) is 0 Å². The highest BCUT2D eigenvalue weighted by Crippen LogP contribution is 2.25. The maximum Gasteiger partial charge on any atom is 0.339 e. The SMILES string of the molecule is CCOC(=O)c1cc(CNCC(CC)(CC)C(=O)O)[nH]c1C. The summed E-state index contributed by atoms with van der Waals surface area (Å²) in [4.78, 5) is 26.3. The fourth-order valence-electron chi connectivity index (χ4n) is 2.46. The molecule has 124 valence electrons. The Balaban J connectivity index is 2.67. The van der Waals surface area contributed by atoms with Crippen molar-refractivity contribution in [2.45, 2.75) is 47.1 Å². The van der Waals surface area contributed by atoms with E-state index < -0.39 is 11.4 Å². The zero-order valence-corrected chi connectivity index (χ0v) is 13.8. The van der Waals surface area contributed by atoms with E-state index in [1.54, 1.807) is 13.0 Å². The van der Waals surface area contributed by atoms with Gasteiger partial charge >= 0.3 is 11.9 Å². The number of esters is 1. The lowest BCUT2D eigenvalue weighted by Gasteiger charge is -2.26. The Kier molecular flexibility index (Phi) is 6.61. The van der Waals surface area contributed by atoms with Crippen molar-refractivity contribution in [3.8, 4) is 0 Å².